The Morgan fingerprint density at radius 1 is 0.944 bits per heavy atom. The largest absolute Gasteiger partial charge is 0.493 e. The number of hydrogen-bond donors (Lipinski definition) is 2. The molecule has 0 aliphatic rings. The minimum atomic E-state index is -1.09. The number of aliphatic carboxylic acids is 1. The van der Waals surface area contributed by atoms with Crippen LogP contribution in [0.25, 0.3) is 6.08 Å². The van der Waals surface area contributed by atoms with E-state index in [-0.39, 0.29) is 11.8 Å². The van der Waals surface area contributed by atoms with E-state index in [9.17, 15) is 14.7 Å². The van der Waals surface area contributed by atoms with Gasteiger partial charge in [0.05, 0.1) is 7.11 Å². The second-order valence-corrected chi connectivity index (χ2v) is 9.57. The molecular weight excluding hydrogens is 454 g/mol. The summed E-state index contributed by atoms with van der Waals surface area (Å²) in [6, 6.07) is 21.9. The summed E-state index contributed by atoms with van der Waals surface area (Å²) in [7, 11) is 1.56. The number of amides is 1. The number of carbonyl (C=O) groups is 2. The van der Waals surface area contributed by atoms with Crippen molar-refractivity contribution in [1.82, 2.24) is 5.32 Å². The van der Waals surface area contributed by atoms with E-state index in [1.807, 2.05) is 36.4 Å². The number of benzene rings is 3. The summed E-state index contributed by atoms with van der Waals surface area (Å²) in [4.78, 5) is 24.0. The quantitative estimate of drug-likeness (QED) is 0.374. The third-order valence-electron chi connectivity index (χ3n) is 5.73. The summed E-state index contributed by atoms with van der Waals surface area (Å²) in [6.07, 6.45) is 3.12. The summed E-state index contributed by atoms with van der Waals surface area (Å²) >= 11 is 0. The topological polar surface area (TPSA) is 84.9 Å². The van der Waals surface area contributed by atoms with Gasteiger partial charge in [-0.15, -0.1) is 0 Å². The van der Waals surface area contributed by atoms with E-state index in [1.54, 1.807) is 25.3 Å². The van der Waals surface area contributed by atoms with Crippen molar-refractivity contribution < 1.29 is 24.2 Å². The fourth-order valence-corrected chi connectivity index (χ4v) is 3.61. The van der Waals surface area contributed by atoms with E-state index in [0.717, 1.165) is 16.7 Å². The number of carboxylic acid groups (broad SMARTS) is 1. The number of hydrogen-bond acceptors (Lipinski definition) is 4. The van der Waals surface area contributed by atoms with Gasteiger partial charge in [0.2, 0.25) is 5.91 Å². The maximum atomic E-state index is 12.4. The summed E-state index contributed by atoms with van der Waals surface area (Å²) in [5.74, 6) is -0.447. The Balaban J connectivity index is 1.61. The molecule has 1 amide bonds. The van der Waals surface area contributed by atoms with Crippen molar-refractivity contribution in [1.29, 1.82) is 0 Å². The molecule has 2 N–H and O–H groups in total. The normalized spacial score (nSPS) is 12.2. The van der Waals surface area contributed by atoms with Crippen molar-refractivity contribution in [3.63, 3.8) is 0 Å². The Kier molecular flexibility index (Phi) is 8.90. The monoisotopic (exact) mass is 487 g/mol. The molecule has 36 heavy (non-hydrogen) atoms. The molecule has 6 nitrogen and oxygen atoms in total. The van der Waals surface area contributed by atoms with E-state index in [1.165, 1.54) is 11.6 Å². The lowest BCUT2D eigenvalue weighted by molar-refractivity contribution is -0.141. The second-order valence-electron chi connectivity index (χ2n) is 9.57. The minimum Gasteiger partial charge on any atom is -0.493 e. The lowest BCUT2D eigenvalue weighted by Gasteiger charge is -2.19. The predicted octanol–water partition coefficient (Wildman–Crippen LogP) is 5.40. The average Bonchev–Trinajstić information content (AvgIpc) is 2.86. The second kappa shape index (κ2) is 12.1. The first-order chi connectivity index (χ1) is 17.2. The Bertz CT molecular complexity index is 1190. The van der Waals surface area contributed by atoms with Crippen molar-refractivity contribution in [2.45, 2.75) is 45.3 Å². The summed E-state index contributed by atoms with van der Waals surface area (Å²) in [5.41, 5.74) is 3.96. The van der Waals surface area contributed by atoms with Crippen LogP contribution in [-0.2, 0) is 28.0 Å². The highest BCUT2D eigenvalue weighted by Crippen LogP contribution is 2.30. The van der Waals surface area contributed by atoms with Crippen LogP contribution in [0.1, 0.15) is 43.0 Å². The minimum absolute atomic E-state index is 0.0965. The van der Waals surface area contributed by atoms with Crippen LogP contribution in [0.5, 0.6) is 11.5 Å². The van der Waals surface area contributed by atoms with Crippen molar-refractivity contribution in [3.8, 4) is 11.5 Å². The fraction of sp³-hybridized carbons (Fsp3) is 0.267. The first-order valence-electron chi connectivity index (χ1n) is 11.8. The highest BCUT2D eigenvalue weighted by atomic mass is 16.5. The highest BCUT2D eigenvalue weighted by Gasteiger charge is 2.19. The summed E-state index contributed by atoms with van der Waals surface area (Å²) in [6.45, 7) is 6.94. The smallest absolute Gasteiger partial charge is 0.326 e. The van der Waals surface area contributed by atoms with Crippen molar-refractivity contribution >= 4 is 18.0 Å². The van der Waals surface area contributed by atoms with E-state index in [0.29, 0.717) is 18.1 Å². The molecule has 0 fully saturated rings. The predicted molar refractivity (Wildman–Crippen MR) is 141 cm³/mol. The molecule has 1 atom stereocenters. The first-order valence-corrected chi connectivity index (χ1v) is 11.8. The van der Waals surface area contributed by atoms with Gasteiger partial charge in [-0.05, 0) is 45.9 Å². The Morgan fingerprint density at radius 3 is 2.25 bits per heavy atom. The van der Waals surface area contributed by atoms with Crippen LogP contribution in [0.15, 0.2) is 78.9 Å². The standard InChI is InChI=1S/C30H33NO5/c1-30(2,3)24-14-10-23(11-15-24)20-36-26-16-12-22(19-27(26)35-4)13-17-28(32)31-25(29(33)34)18-21-8-6-5-7-9-21/h5-17,19,25H,18,20H2,1-4H3,(H,31,32)(H,33,34)/b17-13+/t25-/m1/s1. The number of nitrogens with one attached hydrogen (secondary N) is 1. The van der Waals surface area contributed by atoms with Gasteiger partial charge in [-0.2, -0.15) is 0 Å². The van der Waals surface area contributed by atoms with Crippen LogP contribution >= 0.6 is 0 Å². The maximum Gasteiger partial charge on any atom is 0.326 e. The van der Waals surface area contributed by atoms with E-state index in [2.05, 4.69) is 50.4 Å². The number of ether oxygens (including phenoxy) is 2. The SMILES string of the molecule is COc1cc(/C=C/C(=O)N[C@H](Cc2ccccc2)C(=O)O)ccc1OCc1ccc(C(C)(C)C)cc1. The summed E-state index contributed by atoms with van der Waals surface area (Å²) < 4.78 is 11.4. The van der Waals surface area contributed by atoms with Gasteiger partial charge >= 0.3 is 5.97 Å². The van der Waals surface area contributed by atoms with Gasteiger partial charge < -0.3 is 19.9 Å². The zero-order chi connectivity index (χ0) is 26.1. The van der Waals surface area contributed by atoms with Crippen LogP contribution < -0.4 is 14.8 Å². The molecule has 0 radical (unpaired) electrons. The van der Waals surface area contributed by atoms with Gasteiger partial charge in [-0.25, -0.2) is 4.79 Å². The third-order valence-corrected chi connectivity index (χ3v) is 5.73. The van der Waals surface area contributed by atoms with Gasteiger partial charge in [0.25, 0.3) is 0 Å². The van der Waals surface area contributed by atoms with Crippen molar-refractivity contribution in [3.05, 3.63) is 101 Å². The number of carboxylic acids is 1. The molecule has 0 aliphatic heterocycles. The molecule has 6 heteroatoms. The number of carbonyl (C=O) groups excluding carboxylic acids is 1. The van der Waals surface area contributed by atoms with Gasteiger partial charge in [0.1, 0.15) is 12.6 Å². The molecule has 3 aromatic rings. The van der Waals surface area contributed by atoms with Crippen LogP contribution in [0, 0.1) is 0 Å². The molecule has 188 valence electrons. The molecule has 0 unspecified atom stereocenters. The molecule has 3 rings (SSSR count). The molecule has 0 bridgehead atoms. The molecule has 0 aliphatic carbocycles. The van der Waals surface area contributed by atoms with E-state index in [4.69, 9.17) is 9.47 Å². The summed E-state index contributed by atoms with van der Waals surface area (Å²) in [5, 5.41) is 12.0. The van der Waals surface area contributed by atoms with E-state index >= 15 is 0 Å². The van der Waals surface area contributed by atoms with E-state index < -0.39 is 17.9 Å². The molecule has 3 aromatic carbocycles. The Labute approximate surface area is 212 Å². The molecule has 0 aromatic heterocycles. The molecular formula is C30H33NO5. The lowest BCUT2D eigenvalue weighted by atomic mass is 9.87. The zero-order valence-corrected chi connectivity index (χ0v) is 21.2. The van der Waals surface area contributed by atoms with Crippen LogP contribution in [0.4, 0.5) is 0 Å². The molecule has 0 saturated heterocycles. The Hall–Kier alpha value is -4.06. The van der Waals surface area contributed by atoms with Gasteiger partial charge in [0.15, 0.2) is 11.5 Å². The number of methoxy groups -OCH3 is 1. The highest BCUT2D eigenvalue weighted by molar-refractivity contribution is 5.94. The van der Waals surface area contributed by atoms with Gasteiger partial charge in [-0.3, -0.25) is 4.79 Å². The van der Waals surface area contributed by atoms with Crippen molar-refractivity contribution in [2.75, 3.05) is 7.11 Å². The molecule has 0 spiro atoms. The first kappa shape index (κ1) is 26.5. The lowest BCUT2D eigenvalue weighted by Crippen LogP contribution is -2.41. The maximum absolute atomic E-state index is 12.4. The van der Waals surface area contributed by atoms with Gasteiger partial charge in [-0.1, -0.05) is 81.4 Å². The zero-order valence-electron chi connectivity index (χ0n) is 21.2. The van der Waals surface area contributed by atoms with Crippen molar-refractivity contribution in [2.24, 2.45) is 0 Å². The molecule has 0 heterocycles. The van der Waals surface area contributed by atoms with Crippen LogP contribution in [-0.4, -0.2) is 30.1 Å². The molecule has 0 saturated carbocycles. The van der Waals surface area contributed by atoms with Crippen LogP contribution in [0.3, 0.4) is 0 Å². The average molecular weight is 488 g/mol. The van der Waals surface area contributed by atoms with Gasteiger partial charge in [0, 0.05) is 12.5 Å². The Morgan fingerprint density at radius 2 is 1.64 bits per heavy atom. The third kappa shape index (κ3) is 7.73. The van der Waals surface area contributed by atoms with Crippen LogP contribution in [0.2, 0.25) is 0 Å². The fourth-order valence-electron chi connectivity index (χ4n) is 3.61. The number of rotatable bonds is 10.